The molecular formula is C21H21N3O3. The first-order valence-corrected chi connectivity index (χ1v) is 9.07. The number of urea groups is 1. The minimum Gasteiger partial charge on any atom is -0.323 e. The molecule has 2 aromatic rings. The second kappa shape index (κ2) is 6.54. The van der Waals surface area contributed by atoms with Gasteiger partial charge in [-0.2, -0.15) is 0 Å². The Bertz CT molecular complexity index is 891. The zero-order chi connectivity index (χ0) is 19.0. The van der Waals surface area contributed by atoms with E-state index in [4.69, 9.17) is 0 Å². The lowest BCUT2D eigenvalue weighted by molar-refractivity contribution is -0.131. The molecule has 138 valence electrons. The Balaban J connectivity index is 1.43. The molecule has 1 aliphatic carbocycles. The number of hydrogen-bond acceptors (Lipinski definition) is 3. The van der Waals surface area contributed by atoms with E-state index in [9.17, 15) is 14.4 Å². The van der Waals surface area contributed by atoms with Crippen LogP contribution in [0.25, 0.3) is 0 Å². The maximum absolute atomic E-state index is 12.7. The van der Waals surface area contributed by atoms with Crippen molar-refractivity contribution in [1.82, 2.24) is 10.2 Å². The summed E-state index contributed by atoms with van der Waals surface area (Å²) in [6.45, 7) is 2.01. The molecule has 6 nitrogen and oxygen atoms in total. The van der Waals surface area contributed by atoms with Gasteiger partial charge in [0.05, 0.1) is 6.54 Å². The SMILES string of the molecule is CC1(C2CC2)NC(=O)N(Cc2ccc(C(=O)Nc3ccccc3)cc2)C1=O. The summed E-state index contributed by atoms with van der Waals surface area (Å²) in [5, 5.41) is 5.67. The van der Waals surface area contributed by atoms with Crippen molar-refractivity contribution in [2.45, 2.75) is 31.8 Å². The van der Waals surface area contributed by atoms with Crippen LogP contribution in [0.5, 0.6) is 0 Å². The second-order valence-corrected chi connectivity index (χ2v) is 7.32. The Morgan fingerprint density at radius 2 is 1.78 bits per heavy atom. The summed E-state index contributed by atoms with van der Waals surface area (Å²) in [4.78, 5) is 38.5. The fourth-order valence-electron chi connectivity index (χ4n) is 3.47. The van der Waals surface area contributed by atoms with Gasteiger partial charge < -0.3 is 10.6 Å². The largest absolute Gasteiger partial charge is 0.325 e. The molecular weight excluding hydrogens is 342 g/mol. The van der Waals surface area contributed by atoms with Crippen molar-refractivity contribution in [3.8, 4) is 0 Å². The quantitative estimate of drug-likeness (QED) is 0.801. The second-order valence-electron chi connectivity index (χ2n) is 7.32. The van der Waals surface area contributed by atoms with Crippen molar-refractivity contribution in [2.24, 2.45) is 5.92 Å². The Morgan fingerprint density at radius 3 is 2.41 bits per heavy atom. The molecule has 4 rings (SSSR count). The number of amides is 4. The van der Waals surface area contributed by atoms with Crippen molar-refractivity contribution >= 4 is 23.5 Å². The number of nitrogens with one attached hydrogen (secondary N) is 2. The molecule has 0 spiro atoms. The summed E-state index contributed by atoms with van der Waals surface area (Å²) in [6.07, 6.45) is 1.95. The summed E-state index contributed by atoms with van der Waals surface area (Å²) >= 11 is 0. The van der Waals surface area contributed by atoms with Crippen LogP contribution in [0.4, 0.5) is 10.5 Å². The zero-order valence-corrected chi connectivity index (χ0v) is 15.1. The predicted molar refractivity (Wildman–Crippen MR) is 101 cm³/mol. The lowest BCUT2D eigenvalue weighted by Crippen LogP contribution is -2.46. The molecule has 27 heavy (non-hydrogen) atoms. The normalized spacial score (nSPS) is 21.9. The number of hydrogen-bond donors (Lipinski definition) is 2. The average molecular weight is 363 g/mol. The van der Waals surface area contributed by atoms with Crippen LogP contribution in [-0.2, 0) is 11.3 Å². The van der Waals surface area contributed by atoms with Crippen molar-refractivity contribution in [2.75, 3.05) is 5.32 Å². The van der Waals surface area contributed by atoms with Gasteiger partial charge in [0.2, 0.25) is 0 Å². The van der Waals surface area contributed by atoms with E-state index in [0.29, 0.717) is 5.56 Å². The molecule has 0 bridgehead atoms. The van der Waals surface area contributed by atoms with Crippen LogP contribution in [0.1, 0.15) is 35.7 Å². The highest BCUT2D eigenvalue weighted by atomic mass is 16.2. The van der Waals surface area contributed by atoms with Crippen molar-refractivity contribution in [3.63, 3.8) is 0 Å². The monoisotopic (exact) mass is 363 g/mol. The number of carbonyl (C=O) groups is 3. The smallest absolute Gasteiger partial charge is 0.323 e. The minimum atomic E-state index is -0.771. The fraction of sp³-hybridized carbons (Fsp3) is 0.286. The number of para-hydroxylation sites is 1. The van der Waals surface area contributed by atoms with E-state index in [-0.39, 0.29) is 30.3 Å². The standard InChI is InChI=1S/C21H21N3O3/c1-21(16-11-12-16)19(26)24(20(27)23-21)13-14-7-9-15(10-8-14)18(25)22-17-5-3-2-4-6-17/h2-10,16H,11-13H2,1H3,(H,22,25)(H,23,27). The highest BCUT2D eigenvalue weighted by Gasteiger charge is 2.55. The number of nitrogens with zero attached hydrogens (tertiary/aromatic N) is 1. The summed E-state index contributed by atoms with van der Waals surface area (Å²) in [5.41, 5.74) is 1.27. The van der Waals surface area contributed by atoms with E-state index in [1.165, 1.54) is 4.90 Å². The molecule has 0 radical (unpaired) electrons. The van der Waals surface area contributed by atoms with Crippen LogP contribution >= 0.6 is 0 Å². The van der Waals surface area contributed by atoms with E-state index in [0.717, 1.165) is 24.1 Å². The van der Waals surface area contributed by atoms with Gasteiger partial charge in [-0.3, -0.25) is 14.5 Å². The zero-order valence-electron chi connectivity index (χ0n) is 15.1. The summed E-state index contributed by atoms with van der Waals surface area (Å²) in [7, 11) is 0. The summed E-state index contributed by atoms with van der Waals surface area (Å²) in [5.74, 6) is -0.132. The van der Waals surface area contributed by atoms with Crippen molar-refractivity contribution in [3.05, 3.63) is 65.7 Å². The molecule has 6 heteroatoms. The molecule has 1 heterocycles. The lowest BCUT2D eigenvalue weighted by atomic mass is 9.96. The minimum absolute atomic E-state index is 0.166. The molecule has 0 aromatic heterocycles. The fourth-order valence-corrected chi connectivity index (χ4v) is 3.47. The molecule has 1 saturated heterocycles. The van der Waals surface area contributed by atoms with E-state index < -0.39 is 5.54 Å². The van der Waals surface area contributed by atoms with Crippen LogP contribution in [0.3, 0.4) is 0 Å². The topological polar surface area (TPSA) is 78.5 Å². The molecule has 4 amide bonds. The Kier molecular flexibility index (Phi) is 4.18. The maximum atomic E-state index is 12.7. The molecule has 1 aliphatic heterocycles. The van der Waals surface area contributed by atoms with Gasteiger partial charge in [0, 0.05) is 11.3 Å². The molecule has 1 atom stereocenters. The molecule has 2 aromatic carbocycles. The van der Waals surface area contributed by atoms with Crippen molar-refractivity contribution in [1.29, 1.82) is 0 Å². The van der Waals surface area contributed by atoms with Gasteiger partial charge >= 0.3 is 6.03 Å². The van der Waals surface area contributed by atoms with E-state index in [1.54, 1.807) is 24.3 Å². The molecule has 1 saturated carbocycles. The molecule has 2 N–H and O–H groups in total. The van der Waals surface area contributed by atoms with Gasteiger partial charge in [0.25, 0.3) is 11.8 Å². The Morgan fingerprint density at radius 1 is 1.11 bits per heavy atom. The first kappa shape index (κ1) is 17.3. The van der Waals surface area contributed by atoms with Crippen molar-refractivity contribution < 1.29 is 14.4 Å². The first-order chi connectivity index (χ1) is 13.0. The highest BCUT2D eigenvalue weighted by molar-refractivity contribution is 6.07. The summed E-state index contributed by atoms with van der Waals surface area (Å²) in [6, 6.07) is 15.8. The van der Waals surface area contributed by atoms with E-state index in [2.05, 4.69) is 10.6 Å². The number of imide groups is 1. The Labute approximate surface area is 157 Å². The molecule has 2 fully saturated rings. The van der Waals surface area contributed by atoms with Gasteiger partial charge in [-0.1, -0.05) is 30.3 Å². The third kappa shape index (κ3) is 3.30. The number of rotatable bonds is 5. The van der Waals surface area contributed by atoms with E-state index >= 15 is 0 Å². The van der Waals surface area contributed by atoms with Gasteiger partial charge in [-0.15, -0.1) is 0 Å². The van der Waals surface area contributed by atoms with Gasteiger partial charge in [-0.25, -0.2) is 4.79 Å². The van der Waals surface area contributed by atoms with Crippen LogP contribution in [0.2, 0.25) is 0 Å². The lowest BCUT2D eigenvalue weighted by Gasteiger charge is -2.21. The van der Waals surface area contributed by atoms with E-state index in [1.807, 2.05) is 37.3 Å². The third-order valence-electron chi connectivity index (χ3n) is 5.28. The third-order valence-corrected chi connectivity index (χ3v) is 5.28. The predicted octanol–water partition coefficient (Wildman–Crippen LogP) is 3.16. The highest BCUT2D eigenvalue weighted by Crippen LogP contribution is 2.42. The van der Waals surface area contributed by atoms with Crippen LogP contribution < -0.4 is 10.6 Å². The van der Waals surface area contributed by atoms with Crippen LogP contribution in [0, 0.1) is 5.92 Å². The first-order valence-electron chi connectivity index (χ1n) is 9.07. The number of carbonyl (C=O) groups excluding carboxylic acids is 3. The van der Waals surface area contributed by atoms with Crippen LogP contribution in [0.15, 0.2) is 54.6 Å². The van der Waals surface area contributed by atoms with Crippen LogP contribution in [-0.4, -0.2) is 28.3 Å². The average Bonchev–Trinajstić information content (AvgIpc) is 3.49. The van der Waals surface area contributed by atoms with Gasteiger partial charge in [0.1, 0.15) is 5.54 Å². The molecule has 2 aliphatic rings. The Hall–Kier alpha value is -3.15. The summed E-state index contributed by atoms with van der Waals surface area (Å²) < 4.78 is 0. The number of benzene rings is 2. The molecule has 1 unspecified atom stereocenters. The number of anilines is 1. The maximum Gasteiger partial charge on any atom is 0.325 e. The van der Waals surface area contributed by atoms with Gasteiger partial charge in [-0.05, 0) is 55.5 Å². The van der Waals surface area contributed by atoms with Gasteiger partial charge in [0.15, 0.2) is 0 Å².